The predicted octanol–water partition coefficient (Wildman–Crippen LogP) is 1.33. The van der Waals surface area contributed by atoms with E-state index in [1.165, 1.54) is 0 Å². The highest BCUT2D eigenvalue weighted by molar-refractivity contribution is 6.30. The summed E-state index contributed by atoms with van der Waals surface area (Å²) in [5.41, 5.74) is 1.49. The summed E-state index contributed by atoms with van der Waals surface area (Å²) in [6, 6.07) is 3.52. The first kappa shape index (κ1) is 9.07. The van der Waals surface area contributed by atoms with Gasteiger partial charge in [0.05, 0.1) is 6.20 Å². The Kier molecular flexibility index (Phi) is 2.40. The second-order valence-corrected chi connectivity index (χ2v) is 3.11. The summed E-state index contributed by atoms with van der Waals surface area (Å²) < 4.78 is 1.81. The average Bonchev–Trinajstić information content (AvgIpc) is 2.57. The molecule has 2 rings (SSSR count). The zero-order chi connectivity index (χ0) is 9.97. The SMILES string of the molecule is OCC#Cc1cnc2cc(Cl)ccn12. The van der Waals surface area contributed by atoms with Gasteiger partial charge in [0.25, 0.3) is 0 Å². The van der Waals surface area contributed by atoms with E-state index < -0.39 is 0 Å². The van der Waals surface area contributed by atoms with Gasteiger partial charge in [0, 0.05) is 17.3 Å². The summed E-state index contributed by atoms with van der Waals surface area (Å²) in [4.78, 5) is 4.13. The number of aliphatic hydroxyl groups is 1. The van der Waals surface area contributed by atoms with E-state index in [4.69, 9.17) is 16.7 Å². The molecule has 0 saturated carbocycles. The molecule has 2 aromatic rings. The van der Waals surface area contributed by atoms with Crippen LogP contribution in [0.2, 0.25) is 5.02 Å². The monoisotopic (exact) mass is 206 g/mol. The van der Waals surface area contributed by atoms with Gasteiger partial charge in [-0.3, -0.25) is 4.40 Å². The summed E-state index contributed by atoms with van der Waals surface area (Å²) in [7, 11) is 0. The Balaban J connectivity index is 2.58. The molecule has 0 aliphatic rings. The smallest absolute Gasteiger partial charge is 0.139 e. The van der Waals surface area contributed by atoms with Crippen LogP contribution < -0.4 is 0 Å². The highest BCUT2D eigenvalue weighted by Gasteiger charge is 1.99. The minimum absolute atomic E-state index is 0.152. The van der Waals surface area contributed by atoms with Crippen molar-refractivity contribution in [3.63, 3.8) is 0 Å². The highest BCUT2D eigenvalue weighted by atomic mass is 35.5. The third-order valence-electron chi connectivity index (χ3n) is 1.77. The molecule has 0 bridgehead atoms. The van der Waals surface area contributed by atoms with Crippen molar-refractivity contribution in [2.24, 2.45) is 0 Å². The van der Waals surface area contributed by atoms with Crippen molar-refractivity contribution >= 4 is 17.2 Å². The molecule has 1 N–H and O–H groups in total. The minimum atomic E-state index is -0.152. The van der Waals surface area contributed by atoms with Crippen LogP contribution in [0, 0.1) is 11.8 Å². The van der Waals surface area contributed by atoms with E-state index in [0.29, 0.717) is 5.02 Å². The Labute approximate surface area is 86.0 Å². The molecule has 0 atom stereocenters. The first-order chi connectivity index (χ1) is 6.81. The van der Waals surface area contributed by atoms with Gasteiger partial charge in [-0.15, -0.1) is 0 Å². The van der Waals surface area contributed by atoms with Crippen LogP contribution in [0.3, 0.4) is 0 Å². The third-order valence-corrected chi connectivity index (χ3v) is 2.01. The van der Waals surface area contributed by atoms with Crippen molar-refractivity contribution in [1.82, 2.24) is 9.38 Å². The lowest BCUT2D eigenvalue weighted by Crippen LogP contribution is -1.87. The lowest BCUT2D eigenvalue weighted by Gasteiger charge is -1.94. The molecule has 0 aliphatic carbocycles. The van der Waals surface area contributed by atoms with E-state index in [0.717, 1.165) is 11.3 Å². The lowest BCUT2D eigenvalue weighted by molar-refractivity contribution is 0.350. The molecule has 2 heterocycles. The molecule has 70 valence electrons. The minimum Gasteiger partial charge on any atom is -0.384 e. The van der Waals surface area contributed by atoms with E-state index in [2.05, 4.69) is 16.8 Å². The molecule has 0 amide bonds. The van der Waals surface area contributed by atoms with Gasteiger partial charge in [0.1, 0.15) is 17.9 Å². The fourth-order valence-corrected chi connectivity index (χ4v) is 1.33. The second kappa shape index (κ2) is 3.70. The van der Waals surface area contributed by atoms with E-state index in [9.17, 15) is 0 Å². The van der Waals surface area contributed by atoms with Crippen LogP contribution in [0.5, 0.6) is 0 Å². The first-order valence-electron chi connectivity index (χ1n) is 4.03. The van der Waals surface area contributed by atoms with Crippen LogP contribution in [-0.2, 0) is 0 Å². The number of hydrogen-bond acceptors (Lipinski definition) is 2. The Morgan fingerprint density at radius 3 is 3.21 bits per heavy atom. The molecule has 0 spiro atoms. The third kappa shape index (κ3) is 1.58. The summed E-state index contributed by atoms with van der Waals surface area (Å²) in [6.07, 6.45) is 3.44. The summed E-state index contributed by atoms with van der Waals surface area (Å²) in [6.45, 7) is -0.152. The molecule has 0 saturated heterocycles. The number of imidazole rings is 1. The average molecular weight is 207 g/mol. The van der Waals surface area contributed by atoms with Gasteiger partial charge in [-0.1, -0.05) is 17.5 Å². The van der Waals surface area contributed by atoms with Crippen LogP contribution in [-0.4, -0.2) is 21.1 Å². The van der Waals surface area contributed by atoms with Crippen molar-refractivity contribution in [2.75, 3.05) is 6.61 Å². The van der Waals surface area contributed by atoms with Gasteiger partial charge in [-0.2, -0.15) is 0 Å². The zero-order valence-electron chi connectivity index (χ0n) is 7.24. The van der Waals surface area contributed by atoms with E-state index in [1.807, 2.05) is 4.40 Å². The van der Waals surface area contributed by atoms with Crippen LogP contribution in [0.15, 0.2) is 24.5 Å². The Bertz CT molecular complexity index is 522. The van der Waals surface area contributed by atoms with Crippen LogP contribution >= 0.6 is 11.6 Å². The fraction of sp³-hybridized carbons (Fsp3) is 0.100. The van der Waals surface area contributed by atoms with Crippen molar-refractivity contribution in [2.45, 2.75) is 0 Å². The molecule has 0 aromatic carbocycles. The standard InChI is InChI=1S/C10H7ClN2O/c11-8-3-4-13-9(2-1-5-14)7-12-10(13)6-8/h3-4,6-7,14H,5H2. The zero-order valence-corrected chi connectivity index (χ0v) is 7.99. The number of pyridine rings is 1. The number of aliphatic hydroxyl groups excluding tert-OH is 1. The first-order valence-corrected chi connectivity index (χ1v) is 4.41. The summed E-state index contributed by atoms with van der Waals surface area (Å²) in [5, 5.41) is 9.20. The molecule has 0 radical (unpaired) electrons. The highest BCUT2D eigenvalue weighted by Crippen LogP contribution is 2.12. The van der Waals surface area contributed by atoms with Crippen molar-refractivity contribution in [1.29, 1.82) is 0 Å². The number of aromatic nitrogens is 2. The lowest BCUT2D eigenvalue weighted by atomic mass is 10.4. The number of nitrogens with zero attached hydrogens (tertiary/aromatic N) is 2. The number of hydrogen-bond donors (Lipinski definition) is 1. The van der Waals surface area contributed by atoms with Crippen LogP contribution in [0.1, 0.15) is 5.69 Å². The fourth-order valence-electron chi connectivity index (χ4n) is 1.18. The normalized spacial score (nSPS) is 9.86. The number of halogens is 1. The molecule has 14 heavy (non-hydrogen) atoms. The summed E-state index contributed by atoms with van der Waals surface area (Å²) in [5.74, 6) is 5.36. The molecule has 4 heteroatoms. The van der Waals surface area contributed by atoms with Gasteiger partial charge in [-0.05, 0) is 12.0 Å². The van der Waals surface area contributed by atoms with Gasteiger partial charge in [-0.25, -0.2) is 4.98 Å². The molecule has 0 fully saturated rings. The van der Waals surface area contributed by atoms with Gasteiger partial charge in [0.2, 0.25) is 0 Å². The molecule has 3 nitrogen and oxygen atoms in total. The van der Waals surface area contributed by atoms with Crippen LogP contribution in [0.25, 0.3) is 5.65 Å². The largest absolute Gasteiger partial charge is 0.384 e. The maximum absolute atomic E-state index is 8.56. The predicted molar refractivity (Wildman–Crippen MR) is 54.2 cm³/mol. The Morgan fingerprint density at radius 2 is 2.43 bits per heavy atom. The molecular formula is C10H7ClN2O. The quantitative estimate of drug-likeness (QED) is 0.661. The summed E-state index contributed by atoms with van der Waals surface area (Å²) >= 11 is 5.80. The second-order valence-electron chi connectivity index (χ2n) is 2.68. The van der Waals surface area contributed by atoms with Gasteiger partial charge < -0.3 is 5.11 Å². The van der Waals surface area contributed by atoms with E-state index >= 15 is 0 Å². The van der Waals surface area contributed by atoms with Gasteiger partial charge >= 0.3 is 0 Å². The maximum atomic E-state index is 8.56. The van der Waals surface area contributed by atoms with Crippen molar-refractivity contribution in [3.8, 4) is 11.8 Å². The van der Waals surface area contributed by atoms with Gasteiger partial charge in [0.15, 0.2) is 0 Å². The number of fused-ring (bicyclic) bond motifs is 1. The Morgan fingerprint density at radius 1 is 1.57 bits per heavy atom. The van der Waals surface area contributed by atoms with Crippen LogP contribution in [0.4, 0.5) is 0 Å². The van der Waals surface area contributed by atoms with E-state index in [-0.39, 0.29) is 6.61 Å². The molecule has 0 aliphatic heterocycles. The van der Waals surface area contributed by atoms with E-state index in [1.54, 1.807) is 24.5 Å². The topological polar surface area (TPSA) is 37.5 Å². The maximum Gasteiger partial charge on any atom is 0.139 e. The molecular weight excluding hydrogens is 200 g/mol. The molecule has 2 aromatic heterocycles. The van der Waals surface area contributed by atoms with Crippen molar-refractivity contribution in [3.05, 3.63) is 35.2 Å². The van der Waals surface area contributed by atoms with Crippen molar-refractivity contribution < 1.29 is 5.11 Å². The Hall–Kier alpha value is -1.50. The molecule has 0 unspecified atom stereocenters. The number of rotatable bonds is 0.